The van der Waals surface area contributed by atoms with Crippen molar-refractivity contribution < 1.29 is 4.79 Å². The number of para-hydroxylation sites is 1. The molecule has 0 radical (unpaired) electrons. The molecule has 1 aliphatic rings. The summed E-state index contributed by atoms with van der Waals surface area (Å²) in [7, 11) is 0. The van der Waals surface area contributed by atoms with E-state index in [1.165, 1.54) is 0 Å². The van der Waals surface area contributed by atoms with Crippen molar-refractivity contribution in [3.05, 3.63) is 42.0 Å². The number of anilines is 1. The Bertz CT molecular complexity index is 370. The van der Waals surface area contributed by atoms with E-state index >= 15 is 0 Å². The third-order valence-corrected chi connectivity index (χ3v) is 2.36. The third-order valence-electron chi connectivity index (χ3n) is 2.36. The van der Waals surface area contributed by atoms with Crippen LogP contribution in [0.1, 0.15) is 0 Å². The first-order valence-electron chi connectivity index (χ1n) is 4.56. The maximum atomic E-state index is 10.9. The molecule has 3 heteroatoms. The molecule has 0 spiro atoms. The maximum absolute atomic E-state index is 10.9. The van der Waals surface area contributed by atoms with E-state index in [1.807, 2.05) is 36.4 Å². The molecule has 14 heavy (non-hydrogen) atoms. The van der Waals surface area contributed by atoms with Crippen molar-refractivity contribution in [2.45, 2.75) is 0 Å². The molecule has 0 saturated heterocycles. The zero-order valence-corrected chi connectivity index (χ0v) is 7.81. The van der Waals surface area contributed by atoms with Crippen LogP contribution in [0.2, 0.25) is 0 Å². The Kier molecular flexibility index (Phi) is 2.23. The van der Waals surface area contributed by atoms with Crippen molar-refractivity contribution in [3.8, 4) is 0 Å². The summed E-state index contributed by atoms with van der Waals surface area (Å²) in [5.74, 6) is -0.316. The van der Waals surface area contributed by atoms with Crippen molar-refractivity contribution >= 4 is 11.6 Å². The topological polar surface area (TPSA) is 46.3 Å². The number of amides is 1. The fraction of sp³-hybridized carbons (Fsp3) is 0.182. The van der Waals surface area contributed by atoms with Crippen molar-refractivity contribution in [2.24, 2.45) is 5.73 Å². The van der Waals surface area contributed by atoms with Crippen LogP contribution in [-0.4, -0.2) is 19.0 Å². The minimum atomic E-state index is -0.316. The first-order valence-corrected chi connectivity index (χ1v) is 4.56. The second-order valence-corrected chi connectivity index (χ2v) is 3.31. The molecule has 0 unspecified atom stereocenters. The number of carbonyl (C=O) groups is 1. The summed E-state index contributed by atoms with van der Waals surface area (Å²) in [5.41, 5.74) is 7.03. The summed E-state index contributed by atoms with van der Waals surface area (Å²) < 4.78 is 0. The van der Waals surface area contributed by atoms with Gasteiger partial charge in [0.2, 0.25) is 5.91 Å². The highest BCUT2D eigenvalue weighted by Gasteiger charge is 2.17. The first kappa shape index (κ1) is 8.81. The summed E-state index contributed by atoms with van der Waals surface area (Å²) in [6.45, 7) is 1.39. The van der Waals surface area contributed by atoms with Crippen LogP contribution < -0.4 is 10.6 Å². The Hall–Kier alpha value is -1.77. The number of nitrogens with two attached hydrogens (primary N) is 1. The van der Waals surface area contributed by atoms with Crippen LogP contribution in [0.3, 0.4) is 0 Å². The van der Waals surface area contributed by atoms with Crippen molar-refractivity contribution in [1.82, 2.24) is 0 Å². The molecule has 72 valence electrons. The lowest BCUT2D eigenvalue weighted by atomic mass is 10.2. The molecule has 1 aliphatic heterocycles. The van der Waals surface area contributed by atoms with E-state index in [9.17, 15) is 4.79 Å². The van der Waals surface area contributed by atoms with Gasteiger partial charge in [0.15, 0.2) is 0 Å². The van der Waals surface area contributed by atoms with E-state index in [1.54, 1.807) is 0 Å². The molecule has 0 fully saturated rings. The molecule has 1 aromatic rings. The van der Waals surface area contributed by atoms with E-state index in [4.69, 9.17) is 5.73 Å². The number of hydrogen-bond acceptors (Lipinski definition) is 2. The number of hydrogen-bond donors (Lipinski definition) is 1. The maximum Gasteiger partial charge on any atom is 0.246 e. The van der Waals surface area contributed by atoms with Crippen LogP contribution in [0, 0.1) is 0 Å². The van der Waals surface area contributed by atoms with Crippen molar-refractivity contribution in [1.29, 1.82) is 0 Å². The van der Waals surface area contributed by atoms with Gasteiger partial charge in [0, 0.05) is 24.4 Å². The fourth-order valence-corrected chi connectivity index (χ4v) is 1.57. The average Bonchev–Trinajstić information content (AvgIpc) is 2.68. The SMILES string of the molecule is NC(=O)C1=CCN(c2ccccc2)C1. The lowest BCUT2D eigenvalue weighted by Crippen LogP contribution is -2.23. The van der Waals surface area contributed by atoms with Gasteiger partial charge in [-0.25, -0.2) is 0 Å². The summed E-state index contributed by atoms with van der Waals surface area (Å²) in [4.78, 5) is 13.0. The van der Waals surface area contributed by atoms with Gasteiger partial charge in [0.1, 0.15) is 0 Å². The summed E-state index contributed by atoms with van der Waals surface area (Å²) in [5, 5.41) is 0. The van der Waals surface area contributed by atoms with Gasteiger partial charge in [0.25, 0.3) is 0 Å². The minimum absolute atomic E-state index is 0.316. The van der Waals surface area contributed by atoms with Gasteiger partial charge in [-0.1, -0.05) is 24.3 Å². The zero-order chi connectivity index (χ0) is 9.97. The van der Waals surface area contributed by atoms with Crippen molar-refractivity contribution in [2.75, 3.05) is 18.0 Å². The lowest BCUT2D eigenvalue weighted by molar-refractivity contribution is -0.114. The normalized spacial score (nSPS) is 15.4. The van der Waals surface area contributed by atoms with Gasteiger partial charge in [-0.15, -0.1) is 0 Å². The van der Waals surface area contributed by atoms with Crippen LogP contribution in [-0.2, 0) is 4.79 Å². The second-order valence-electron chi connectivity index (χ2n) is 3.31. The van der Waals surface area contributed by atoms with Crippen LogP contribution in [0.4, 0.5) is 5.69 Å². The van der Waals surface area contributed by atoms with E-state index in [0.717, 1.165) is 12.2 Å². The Balaban J connectivity index is 2.10. The van der Waals surface area contributed by atoms with Crippen LogP contribution >= 0.6 is 0 Å². The third kappa shape index (κ3) is 1.62. The second kappa shape index (κ2) is 3.54. The smallest absolute Gasteiger partial charge is 0.246 e. The first-order chi connectivity index (χ1) is 6.77. The summed E-state index contributed by atoms with van der Waals surface area (Å²) in [6.07, 6.45) is 1.88. The van der Waals surface area contributed by atoms with Crippen LogP contribution in [0.5, 0.6) is 0 Å². The summed E-state index contributed by atoms with van der Waals surface area (Å²) in [6, 6.07) is 9.99. The Morgan fingerprint density at radius 2 is 2.00 bits per heavy atom. The molecule has 0 saturated carbocycles. The highest BCUT2D eigenvalue weighted by molar-refractivity contribution is 5.93. The quantitative estimate of drug-likeness (QED) is 0.750. The minimum Gasteiger partial charge on any atom is -0.366 e. The van der Waals surface area contributed by atoms with Crippen LogP contribution in [0.15, 0.2) is 42.0 Å². The molecule has 0 bridgehead atoms. The van der Waals surface area contributed by atoms with Crippen molar-refractivity contribution in [3.63, 3.8) is 0 Å². The number of benzene rings is 1. The number of carbonyl (C=O) groups excluding carboxylic acids is 1. The Morgan fingerprint density at radius 3 is 2.57 bits per heavy atom. The molecular weight excluding hydrogens is 176 g/mol. The molecule has 0 atom stereocenters. The van der Waals surface area contributed by atoms with E-state index < -0.39 is 0 Å². The highest BCUT2D eigenvalue weighted by Crippen LogP contribution is 2.18. The average molecular weight is 188 g/mol. The predicted molar refractivity (Wildman–Crippen MR) is 55.9 cm³/mol. The van der Waals surface area contributed by atoms with Gasteiger partial charge in [-0.2, -0.15) is 0 Å². The van der Waals surface area contributed by atoms with E-state index in [2.05, 4.69) is 4.90 Å². The largest absolute Gasteiger partial charge is 0.366 e. The molecule has 0 aliphatic carbocycles. The molecule has 2 rings (SSSR count). The predicted octanol–water partition coefficient (Wildman–Crippen LogP) is 0.918. The van der Waals surface area contributed by atoms with Gasteiger partial charge in [-0.05, 0) is 12.1 Å². The fourth-order valence-electron chi connectivity index (χ4n) is 1.57. The molecule has 1 amide bonds. The van der Waals surface area contributed by atoms with Crippen LogP contribution in [0.25, 0.3) is 0 Å². The van der Waals surface area contributed by atoms with Gasteiger partial charge < -0.3 is 10.6 Å². The number of nitrogens with zero attached hydrogens (tertiary/aromatic N) is 1. The van der Waals surface area contributed by atoms with Gasteiger partial charge in [-0.3, -0.25) is 4.79 Å². The molecule has 0 aromatic heterocycles. The molecular formula is C11H12N2O. The molecule has 2 N–H and O–H groups in total. The van der Waals surface area contributed by atoms with E-state index in [0.29, 0.717) is 12.1 Å². The zero-order valence-electron chi connectivity index (χ0n) is 7.81. The molecule has 1 aromatic carbocycles. The van der Waals surface area contributed by atoms with E-state index in [-0.39, 0.29) is 5.91 Å². The van der Waals surface area contributed by atoms with Gasteiger partial charge in [0.05, 0.1) is 0 Å². The number of rotatable bonds is 2. The Morgan fingerprint density at radius 1 is 1.29 bits per heavy atom. The van der Waals surface area contributed by atoms with Gasteiger partial charge >= 0.3 is 0 Å². The molecule has 1 heterocycles. The monoisotopic (exact) mass is 188 g/mol. The number of primary amides is 1. The standard InChI is InChI=1S/C11H12N2O/c12-11(14)9-6-7-13(8-9)10-4-2-1-3-5-10/h1-6H,7-8H2,(H2,12,14). The Labute approximate surface area is 82.8 Å². The highest BCUT2D eigenvalue weighted by atomic mass is 16.1. The molecule has 3 nitrogen and oxygen atoms in total. The lowest BCUT2D eigenvalue weighted by Gasteiger charge is -2.17. The summed E-state index contributed by atoms with van der Waals surface area (Å²) >= 11 is 0.